The highest BCUT2D eigenvalue weighted by Crippen LogP contribution is 2.37. The number of aromatic nitrogens is 3. The molecule has 0 saturated heterocycles. The van der Waals surface area contributed by atoms with Crippen LogP contribution in [0.15, 0.2) is 113 Å². The number of nitrogens with zero attached hydrogens (tertiary/aromatic N) is 3. The van der Waals surface area contributed by atoms with Gasteiger partial charge in [-0.2, -0.15) is 0 Å². The topological polar surface area (TPSA) is 51.8 Å². The van der Waals surface area contributed by atoms with Gasteiger partial charge in [0.2, 0.25) is 0 Å². The molecule has 0 amide bonds. The van der Waals surface area contributed by atoms with Crippen LogP contribution in [0.3, 0.4) is 0 Å². The number of hydrogen-bond acceptors (Lipinski definition) is 4. The van der Waals surface area contributed by atoms with Gasteiger partial charge >= 0.3 is 0 Å². The van der Waals surface area contributed by atoms with Gasteiger partial charge in [-0.15, -0.1) is 0 Å². The molecule has 2 aromatic heterocycles. The lowest BCUT2D eigenvalue weighted by Crippen LogP contribution is -2.00. The van der Waals surface area contributed by atoms with Crippen molar-refractivity contribution in [3.8, 4) is 34.2 Å². The maximum atomic E-state index is 8.59. The second-order valence-electron chi connectivity index (χ2n) is 8.22. The number of rotatable bonds is 3. The fourth-order valence-corrected chi connectivity index (χ4v) is 4.74. The fraction of sp³-hybridized carbons (Fsp3) is 0. The summed E-state index contributed by atoms with van der Waals surface area (Å²) in [5, 5.41) is 3.85. The zero-order chi connectivity index (χ0) is 28.4. The molecule has 0 fully saturated rings. The second kappa shape index (κ2) is 8.29. The Labute approximate surface area is 218 Å². The Morgan fingerprint density at radius 1 is 0.583 bits per heavy atom. The minimum atomic E-state index is -0.489. The molecule has 0 saturated carbocycles. The van der Waals surface area contributed by atoms with E-state index in [0.29, 0.717) is 27.3 Å². The van der Waals surface area contributed by atoms with E-state index in [4.69, 9.17) is 32.8 Å². The van der Waals surface area contributed by atoms with Crippen molar-refractivity contribution in [3.05, 3.63) is 114 Å². The second-order valence-corrected chi connectivity index (χ2v) is 8.63. The van der Waals surface area contributed by atoms with E-state index in [1.807, 2.05) is 72.8 Å². The minimum Gasteiger partial charge on any atom is -0.456 e. The Kier molecular flexibility index (Phi) is 3.73. The van der Waals surface area contributed by atoms with E-state index < -0.39 is 30.2 Å². The smallest absolute Gasteiger partial charge is 0.164 e. The first-order valence-electron chi connectivity index (χ1n) is 13.7. The van der Waals surface area contributed by atoms with E-state index in [2.05, 4.69) is 4.98 Å². The zero-order valence-electron chi connectivity index (χ0n) is 23.6. The lowest BCUT2D eigenvalue weighted by molar-refractivity contribution is 0.669. The van der Waals surface area contributed by atoms with Gasteiger partial charge in [-0.3, -0.25) is 0 Å². The van der Waals surface area contributed by atoms with Crippen LogP contribution in [0.2, 0.25) is 5.02 Å². The number of fused-ring (bicyclic) bond motifs is 4. The molecule has 0 aliphatic rings. The summed E-state index contributed by atoms with van der Waals surface area (Å²) in [7, 11) is 0. The molecular formula is C31H18ClN3O. The van der Waals surface area contributed by atoms with Gasteiger partial charge in [-0.25, -0.2) is 15.0 Å². The Morgan fingerprint density at radius 2 is 1.25 bits per heavy atom. The third-order valence-electron chi connectivity index (χ3n) is 6.11. The predicted octanol–water partition coefficient (Wildman–Crippen LogP) is 8.58. The van der Waals surface area contributed by atoms with Crippen LogP contribution in [0.4, 0.5) is 0 Å². The molecule has 0 atom stereocenters. The van der Waals surface area contributed by atoms with E-state index in [-0.39, 0.29) is 23.0 Å². The molecule has 4 nitrogen and oxygen atoms in total. The van der Waals surface area contributed by atoms with E-state index in [1.54, 1.807) is 6.07 Å². The number of furan rings is 1. The summed E-state index contributed by atoms with van der Waals surface area (Å²) in [6, 6.07) is 22.2. The van der Waals surface area contributed by atoms with Crippen molar-refractivity contribution in [2.24, 2.45) is 0 Å². The van der Waals surface area contributed by atoms with E-state index in [1.165, 1.54) is 0 Å². The molecule has 5 aromatic carbocycles. The average Bonchev–Trinajstić information content (AvgIpc) is 3.38. The number of benzene rings is 5. The maximum Gasteiger partial charge on any atom is 0.164 e. The van der Waals surface area contributed by atoms with Gasteiger partial charge in [-0.05, 0) is 29.7 Å². The van der Waals surface area contributed by atoms with Crippen molar-refractivity contribution in [1.82, 2.24) is 15.0 Å². The Bertz CT molecular complexity index is 2170. The quantitative estimate of drug-likeness (QED) is 0.250. The molecule has 7 aromatic rings. The first kappa shape index (κ1) is 16.2. The fourth-order valence-electron chi connectivity index (χ4n) is 4.51. The van der Waals surface area contributed by atoms with Crippen LogP contribution in [0.1, 0.15) is 6.85 Å². The van der Waals surface area contributed by atoms with Gasteiger partial charge in [0.25, 0.3) is 0 Å². The van der Waals surface area contributed by atoms with Crippen molar-refractivity contribution in [1.29, 1.82) is 0 Å². The van der Waals surface area contributed by atoms with E-state index >= 15 is 0 Å². The summed E-state index contributed by atoms with van der Waals surface area (Å²) in [5.41, 5.74) is 2.56. The number of para-hydroxylation sites is 1. The molecule has 36 heavy (non-hydrogen) atoms. The monoisotopic (exact) mass is 488 g/mol. The molecule has 0 N–H and O–H groups in total. The van der Waals surface area contributed by atoms with Crippen LogP contribution in [0, 0.1) is 0 Å². The number of hydrogen-bond donors (Lipinski definition) is 0. The third-order valence-corrected chi connectivity index (χ3v) is 6.44. The van der Waals surface area contributed by atoms with Gasteiger partial charge < -0.3 is 4.42 Å². The summed E-state index contributed by atoms with van der Waals surface area (Å²) in [6.07, 6.45) is 0. The van der Waals surface area contributed by atoms with Gasteiger partial charge in [0.05, 0.1) is 6.85 Å². The van der Waals surface area contributed by atoms with Crippen molar-refractivity contribution < 1.29 is 11.3 Å². The molecule has 0 bridgehead atoms. The van der Waals surface area contributed by atoms with Crippen molar-refractivity contribution in [2.45, 2.75) is 0 Å². The molecule has 0 radical (unpaired) electrons. The zero-order valence-corrected chi connectivity index (χ0v) is 19.4. The van der Waals surface area contributed by atoms with Gasteiger partial charge in [0.15, 0.2) is 17.5 Å². The molecule has 5 heteroatoms. The lowest BCUT2D eigenvalue weighted by atomic mass is 10.0. The summed E-state index contributed by atoms with van der Waals surface area (Å²) in [4.78, 5) is 14.3. The third kappa shape index (κ3) is 3.35. The molecule has 0 spiro atoms. The molecule has 7 rings (SSSR count). The molecule has 0 aliphatic heterocycles. The van der Waals surface area contributed by atoms with Crippen LogP contribution in [0.25, 0.3) is 66.9 Å². The Balaban J connectivity index is 1.60. The van der Waals surface area contributed by atoms with Crippen molar-refractivity contribution in [2.75, 3.05) is 0 Å². The van der Waals surface area contributed by atoms with Crippen molar-refractivity contribution in [3.63, 3.8) is 0 Å². The van der Waals surface area contributed by atoms with E-state index in [0.717, 1.165) is 21.5 Å². The minimum absolute atomic E-state index is 0.0363. The maximum absolute atomic E-state index is 8.59. The molecule has 0 unspecified atom stereocenters. The largest absolute Gasteiger partial charge is 0.456 e. The molecule has 170 valence electrons. The summed E-state index contributed by atoms with van der Waals surface area (Å²) in [6.45, 7) is 0. The number of halogens is 1. The highest BCUT2D eigenvalue weighted by atomic mass is 35.5. The van der Waals surface area contributed by atoms with Crippen LogP contribution >= 0.6 is 11.6 Å². The standard InChI is InChI=1S/C31H18ClN3O/c32-25-18-17-22(20-11-4-5-12-21(20)25)30-33-29(19-9-2-1-3-10-19)34-31(35-30)24-14-8-16-27-28(24)23-13-6-7-15-26(23)36-27/h1-18H/i1D,2D,3D,9D,10D. The molecule has 0 aliphatic carbocycles. The predicted molar refractivity (Wildman–Crippen MR) is 146 cm³/mol. The SMILES string of the molecule is [2H]c1c([2H])c([2H])c(-c2nc(-c3ccc(Cl)c4ccccc34)nc(-c3cccc4oc5ccccc5c34)n2)c([2H])c1[2H]. The lowest BCUT2D eigenvalue weighted by Gasteiger charge is -2.11. The van der Waals surface area contributed by atoms with Crippen molar-refractivity contribution >= 4 is 44.3 Å². The summed E-state index contributed by atoms with van der Waals surface area (Å²) < 4.78 is 47.8. The first-order valence-corrected chi connectivity index (χ1v) is 11.6. The first-order chi connectivity index (χ1) is 19.8. The van der Waals surface area contributed by atoms with Gasteiger partial charge in [-0.1, -0.05) is 96.4 Å². The highest BCUT2D eigenvalue weighted by molar-refractivity contribution is 6.36. The Morgan fingerprint density at radius 3 is 2.08 bits per heavy atom. The average molecular weight is 489 g/mol. The summed E-state index contributed by atoms with van der Waals surface area (Å²) in [5.74, 6) is 0.508. The van der Waals surface area contributed by atoms with Crippen LogP contribution in [0.5, 0.6) is 0 Å². The van der Waals surface area contributed by atoms with Crippen LogP contribution < -0.4 is 0 Å². The van der Waals surface area contributed by atoms with Crippen LogP contribution in [-0.2, 0) is 0 Å². The van der Waals surface area contributed by atoms with Gasteiger partial charge in [0, 0.05) is 37.9 Å². The van der Waals surface area contributed by atoms with Gasteiger partial charge in [0.1, 0.15) is 11.2 Å². The summed E-state index contributed by atoms with van der Waals surface area (Å²) >= 11 is 6.50. The molecular weight excluding hydrogens is 466 g/mol. The molecule has 2 heterocycles. The normalized spacial score (nSPS) is 13.4. The Hall–Kier alpha value is -4.54. The highest BCUT2D eigenvalue weighted by Gasteiger charge is 2.18. The van der Waals surface area contributed by atoms with Crippen LogP contribution in [-0.4, -0.2) is 15.0 Å². The van der Waals surface area contributed by atoms with E-state index in [9.17, 15) is 0 Å².